The molecule has 0 amide bonds. The van der Waals surface area contributed by atoms with Gasteiger partial charge in [-0.2, -0.15) is 0 Å². The lowest BCUT2D eigenvalue weighted by molar-refractivity contribution is 0.267. The Labute approximate surface area is 160 Å². The molecule has 0 aromatic rings. The van der Waals surface area contributed by atoms with Crippen molar-refractivity contribution in [2.75, 3.05) is 0 Å². The highest BCUT2D eigenvalue weighted by atomic mass is 14.7. The van der Waals surface area contributed by atoms with Crippen LogP contribution < -0.4 is 5.73 Å². The summed E-state index contributed by atoms with van der Waals surface area (Å²) >= 11 is 0. The molecular weight excluding hydrogens is 302 g/mol. The van der Waals surface area contributed by atoms with E-state index in [0.29, 0.717) is 5.92 Å². The smallest absolute Gasteiger partial charge is 0.0125 e. The monoisotopic (exact) mass is 353 g/mol. The van der Waals surface area contributed by atoms with E-state index in [1.54, 1.807) is 0 Å². The van der Waals surface area contributed by atoms with Crippen molar-refractivity contribution in [1.29, 1.82) is 0 Å². The van der Waals surface area contributed by atoms with E-state index in [0.717, 1.165) is 0 Å². The maximum absolute atomic E-state index is 6.47. The Morgan fingerprint density at radius 3 is 1.08 bits per heavy atom. The Morgan fingerprint density at radius 2 is 0.800 bits per heavy atom. The van der Waals surface area contributed by atoms with Gasteiger partial charge in [-0.25, -0.2) is 0 Å². The van der Waals surface area contributed by atoms with Crippen LogP contribution in [0.25, 0.3) is 0 Å². The fraction of sp³-hybridized carbons (Fsp3) is 1.00. The number of hydrogen-bond donors (Lipinski definition) is 1. The van der Waals surface area contributed by atoms with E-state index in [4.69, 9.17) is 5.73 Å². The quantitative estimate of drug-likeness (QED) is 0.232. The molecule has 0 bridgehead atoms. The lowest BCUT2D eigenvalue weighted by atomic mass is 9.80. The van der Waals surface area contributed by atoms with Gasteiger partial charge in [-0.3, -0.25) is 0 Å². The third-order valence-corrected chi connectivity index (χ3v) is 5.86. The Kier molecular flexibility index (Phi) is 17.3. The number of rotatable bonds is 19. The van der Waals surface area contributed by atoms with Crippen LogP contribution in [0.15, 0.2) is 0 Å². The van der Waals surface area contributed by atoms with E-state index < -0.39 is 0 Å². The van der Waals surface area contributed by atoms with Crippen molar-refractivity contribution in [3.8, 4) is 0 Å². The van der Waals surface area contributed by atoms with Crippen LogP contribution in [0.3, 0.4) is 0 Å². The first-order valence-electron chi connectivity index (χ1n) is 11.8. The van der Waals surface area contributed by atoms with E-state index in [1.807, 2.05) is 0 Å². The highest BCUT2D eigenvalue weighted by molar-refractivity contribution is 4.82. The van der Waals surface area contributed by atoms with Crippen LogP contribution in [0, 0.1) is 5.92 Å². The molecule has 0 unspecified atom stereocenters. The van der Waals surface area contributed by atoms with Crippen molar-refractivity contribution >= 4 is 0 Å². The molecular formula is C24H51N. The summed E-state index contributed by atoms with van der Waals surface area (Å²) in [5, 5.41) is 0. The van der Waals surface area contributed by atoms with Crippen molar-refractivity contribution in [1.82, 2.24) is 0 Å². The minimum Gasteiger partial charge on any atom is -0.325 e. The SMILES string of the molecule is CCCCCCCCCCC(CCCCCCCCCC)C(C)(C)N. The second-order valence-corrected chi connectivity index (χ2v) is 9.05. The molecule has 0 aliphatic rings. The van der Waals surface area contributed by atoms with Gasteiger partial charge in [-0.15, -0.1) is 0 Å². The van der Waals surface area contributed by atoms with Gasteiger partial charge in [0.25, 0.3) is 0 Å². The zero-order valence-electron chi connectivity index (χ0n) is 18.4. The molecule has 0 aromatic carbocycles. The molecule has 0 aliphatic heterocycles. The van der Waals surface area contributed by atoms with E-state index in [-0.39, 0.29) is 5.54 Å². The molecule has 0 saturated heterocycles. The zero-order valence-corrected chi connectivity index (χ0v) is 18.4. The van der Waals surface area contributed by atoms with Crippen LogP contribution in [-0.4, -0.2) is 5.54 Å². The van der Waals surface area contributed by atoms with Gasteiger partial charge < -0.3 is 5.73 Å². The Morgan fingerprint density at radius 1 is 0.520 bits per heavy atom. The van der Waals surface area contributed by atoms with Gasteiger partial charge in [-0.05, 0) is 32.6 Å². The maximum Gasteiger partial charge on any atom is 0.0125 e. The van der Waals surface area contributed by atoms with E-state index in [1.165, 1.54) is 116 Å². The van der Waals surface area contributed by atoms with E-state index in [2.05, 4.69) is 27.7 Å². The molecule has 0 fully saturated rings. The van der Waals surface area contributed by atoms with Gasteiger partial charge in [0.1, 0.15) is 0 Å². The zero-order chi connectivity index (χ0) is 18.8. The molecule has 0 aliphatic carbocycles. The third-order valence-electron chi connectivity index (χ3n) is 5.86. The first-order chi connectivity index (χ1) is 12.0. The maximum atomic E-state index is 6.47. The molecule has 0 aromatic heterocycles. The number of unbranched alkanes of at least 4 members (excludes halogenated alkanes) is 14. The first kappa shape index (κ1) is 25.0. The van der Waals surface area contributed by atoms with Crippen LogP contribution in [-0.2, 0) is 0 Å². The first-order valence-corrected chi connectivity index (χ1v) is 11.8. The molecule has 0 radical (unpaired) electrons. The lowest BCUT2D eigenvalue weighted by Gasteiger charge is -2.31. The Balaban J connectivity index is 3.67. The second kappa shape index (κ2) is 17.4. The van der Waals surface area contributed by atoms with Crippen LogP contribution >= 0.6 is 0 Å². The topological polar surface area (TPSA) is 26.0 Å². The number of hydrogen-bond acceptors (Lipinski definition) is 1. The van der Waals surface area contributed by atoms with Crippen LogP contribution in [0.1, 0.15) is 143 Å². The fourth-order valence-corrected chi connectivity index (χ4v) is 3.94. The summed E-state index contributed by atoms with van der Waals surface area (Å²) in [5.74, 6) is 0.715. The largest absolute Gasteiger partial charge is 0.325 e. The minimum atomic E-state index is 0.00223. The molecule has 0 atom stereocenters. The molecule has 0 heterocycles. The predicted octanol–water partition coefficient (Wildman–Crippen LogP) is 8.40. The van der Waals surface area contributed by atoms with Gasteiger partial charge in [0.15, 0.2) is 0 Å². The van der Waals surface area contributed by atoms with Crippen molar-refractivity contribution < 1.29 is 0 Å². The molecule has 1 heteroatoms. The third kappa shape index (κ3) is 17.1. The summed E-state index contributed by atoms with van der Waals surface area (Å²) in [7, 11) is 0. The summed E-state index contributed by atoms with van der Waals surface area (Å²) in [6.07, 6.45) is 25.3. The summed E-state index contributed by atoms with van der Waals surface area (Å²) in [6, 6.07) is 0. The van der Waals surface area contributed by atoms with Gasteiger partial charge in [0, 0.05) is 5.54 Å². The van der Waals surface area contributed by atoms with Crippen molar-refractivity contribution in [3.05, 3.63) is 0 Å². The average molecular weight is 354 g/mol. The molecule has 0 rings (SSSR count). The van der Waals surface area contributed by atoms with Gasteiger partial charge in [0.2, 0.25) is 0 Å². The minimum absolute atomic E-state index is 0.00223. The molecule has 152 valence electrons. The standard InChI is InChI=1S/C24H51N/c1-5-7-9-11-13-15-17-19-21-23(24(3,4)25)22-20-18-16-14-12-10-8-6-2/h23H,5-22,25H2,1-4H3. The molecule has 25 heavy (non-hydrogen) atoms. The van der Waals surface area contributed by atoms with Gasteiger partial charge in [-0.1, -0.05) is 117 Å². The Bertz CT molecular complexity index is 233. The Hall–Kier alpha value is -0.0400. The van der Waals surface area contributed by atoms with Gasteiger partial charge in [0.05, 0.1) is 0 Å². The highest BCUT2D eigenvalue weighted by Gasteiger charge is 2.23. The molecule has 0 spiro atoms. The summed E-state index contributed by atoms with van der Waals surface area (Å²) in [5.41, 5.74) is 6.47. The molecule has 2 N–H and O–H groups in total. The summed E-state index contributed by atoms with van der Waals surface area (Å²) in [4.78, 5) is 0. The molecule has 0 saturated carbocycles. The van der Waals surface area contributed by atoms with Crippen molar-refractivity contribution in [2.45, 2.75) is 149 Å². The van der Waals surface area contributed by atoms with Crippen molar-refractivity contribution in [3.63, 3.8) is 0 Å². The summed E-state index contributed by atoms with van der Waals surface area (Å²) in [6.45, 7) is 9.07. The van der Waals surface area contributed by atoms with E-state index >= 15 is 0 Å². The second-order valence-electron chi connectivity index (χ2n) is 9.05. The molecule has 1 nitrogen and oxygen atoms in total. The fourth-order valence-electron chi connectivity index (χ4n) is 3.94. The van der Waals surface area contributed by atoms with Crippen LogP contribution in [0.5, 0.6) is 0 Å². The normalized spacial score (nSPS) is 12.2. The van der Waals surface area contributed by atoms with E-state index in [9.17, 15) is 0 Å². The average Bonchev–Trinajstić information content (AvgIpc) is 2.56. The van der Waals surface area contributed by atoms with Crippen LogP contribution in [0.4, 0.5) is 0 Å². The highest BCUT2D eigenvalue weighted by Crippen LogP contribution is 2.27. The summed E-state index contributed by atoms with van der Waals surface area (Å²) < 4.78 is 0. The number of nitrogens with two attached hydrogens (primary N) is 1. The van der Waals surface area contributed by atoms with Gasteiger partial charge >= 0.3 is 0 Å². The lowest BCUT2D eigenvalue weighted by Crippen LogP contribution is -2.40. The van der Waals surface area contributed by atoms with Crippen molar-refractivity contribution in [2.24, 2.45) is 11.7 Å². The van der Waals surface area contributed by atoms with Crippen LogP contribution in [0.2, 0.25) is 0 Å². The predicted molar refractivity (Wildman–Crippen MR) is 116 cm³/mol.